The third-order valence-corrected chi connectivity index (χ3v) is 3.61. The van der Waals surface area contributed by atoms with Gasteiger partial charge in [0.05, 0.1) is 0 Å². The second-order valence-electron chi connectivity index (χ2n) is 3.70. The van der Waals surface area contributed by atoms with Gasteiger partial charge < -0.3 is 89.2 Å². The summed E-state index contributed by atoms with van der Waals surface area (Å²) in [4.78, 5) is 32.8. The van der Waals surface area contributed by atoms with Gasteiger partial charge >= 0.3 is 17.1 Å². The molecule has 0 amide bonds. The first kappa shape index (κ1) is 32.3. The predicted octanol–water partition coefficient (Wildman–Crippen LogP) is 1.42. The van der Waals surface area contributed by atoms with Gasteiger partial charge in [-0.05, 0) is 15.5 Å². The fraction of sp³-hybridized carbons (Fsp3) is 0.667. The predicted molar refractivity (Wildman–Crippen MR) is 115 cm³/mol. The van der Waals surface area contributed by atoms with E-state index in [9.17, 15) is 14.7 Å². The molecule has 0 rings (SSSR count). The first-order valence-corrected chi connectivity index (χ1v) is 8.13. The van der Waals surface area contributed by atoms with Crippen molar-refractivity contribution in [1.29, 1.82) is 0 Å². The number of hydrogen-bond acceptors (Lipinski definition) is 12. The van der Waals surface area contributed by atoms with E-state index in [1.54, 1.807) is 21.1 Å². The fourth-order valence-electron chi connectivity index (χ4n) is 0.433. The number of rotatable bonds is 6. The summed E-state index contributed by atoms with van der Waals surface area (Å²) in [6.07, 6.45) is 0. The monoisotopic (exact) mass is 503 g/mol. The number of thiocarbonyl (C=S) groups is 3. The number of hydrogen-bond donors (Lipinski definition) is 0. The van der Waals surface area contributed by atoms with Gasteiger partial charge in [0, 0.05) is 21.1 Å². The standard InChI is InChI=1S/3C3H6N2OS2.Fe/c3*1-5(2-4-6)3(7)8;/h3*2H2,1H3,(H,7,8);/q;;;+3/p-3. The minimum Gasteiger partial charge on any atom is -0.411 e. The van der Waals surface area contributed by atoms with Crippen LogP contribution in [0.3, 0.4) is 0 Å². The molecule has 0 aromatic carbocycles. The number of nitrogens with zero attached hydrogens (tertiary/aromatic N) is 6. The summed E-state index contributed by atoms with van der Waals surface area (Å²) < 4.78 is 0.804. The van der Waals surface area contributed by atoms with Gasteiger partial charge in [-0.1, -0.05) is 13.0 Å². The summed E-state index contributed by atoms with van der Waals surface area (Å²) in [5, 5.41) is 7.74. The van der Waals surface area contributed by atoms with E-state index in [0.29, 0.717) is 0 Å². The van der Waals surface area contributed by atoms with Crippen molar-refractivity contribution >= 4 is 87.5 Å². The Morgan fingerprint density at radius 1 is 0.680 bits per heavy atom. The molecule has 0 aliphatic heterocycles. The van der Waals surface area contributed by atoms with Crippen LogP contribution in [-0.2, 0) is 55.0 Å². The molecular formula is C9H15FeN6O3S6. The minimum absolute atomic E-state index is 0. The fourth-order valence-corrected chi connectivity index (χ4v) is 0.779. The normalized spacial score (nSPS) is 7.80. The van der Waals surface area contributed by atoms with E-state index in [1.807, 2.05) is 0 Å². The van der Waals surface area contributed by atoms with Crippen LogP contribution in [0.1, 0.15) is 0 Å². The van der Waals surface area contributed by atoms with Crippen LogP contribution >= 0.6 is 36.7 Å². The van der Waals surface area contributed by atoms with E-state index in [-0.39, 0.29) is 50.0 Å². The SMILES string of the molecule is CN(CN=O)C(=S)[S-].CN(CN=O)C(=S)[S-].CN(CN=O)C(=S)[S-].[Fe+3]. The molecule has 25 heavy (non-hydrogen) atoms. The Morgan fingerprint density at radius 3 is 0.880 bits per heavy atom. The molecule has 0 N–H and O–H groups in total. The molecule has 0 fully saturated rings. The van der Waals surface area contributed by atoms with Crippen molar-refractivity contribution in [3.05, 3.63) is 14.7 Å². The third-order valence-electron chi connectivity index (χ3n) is 1.74. The average Bonchev–Trinajstić information content (AvgIpc) is 2.49. The Balaban J connectivity index is -0.000000130. The molecule has 16 heteroatoms. The topological polar surface area (TPSA) is 98.0 Å². The van der Waals surface area contributed by atoms with Crippen LogP contribution in [0, 0.1) is 14.7 Å². The Bertz CT molecular complexity index is 384. The van der Waals surface area contributed by atoms with Gasteiger partial charge in [0.25, 0.3) is 0 Å². The van der Waals surface area contributed by atoms with Crippen molar-refractivity contribution < 1.29 is 17.1 Å². The van der Waals surface area contributed by atoms with E-state index >= 15 is 0 Å². The zero-order valence-electron chi connectivity index (χ0n) is 13.3. The molecule has 0 aromatic rings. The van der Waals surface area contributed by atoms with Gasteiger partial charge in [-0.25, -0.2) is 0 Å². The van der Waals surface area contributed by atoms with E-state index in [0.717, 1.165) is 0 Å². The molecule has 143 valence electrons. The molecule has 0 saturated heterocycles. The van der Waals surface area contributed by atoms with Gasteiger partial charge in [0.2, 0.25) is 0 Å². The molecule has 0 aliphatic carbocycles. The Morgan fingerprint density at radius 2 is 0.840 bits per heavy atom. The molecule has 1 radical (unpaired) electrons. The van der Waals surface area contributed by atoms with Crippen molar-refractivity contribution in [3.63, 3.8) is 0 Å². The quantitative estimate of drug-likeness (QED) is 0.227. The van der Waals surface area contributed by atoms with Crippen LogP contribution in [0.5, 0.6) is 0 Å². The van der Waals surface area contributed by atoms with E-state index < -0.39 is 0 Å². The van der Waals surface area contributed by atoms with Crippen LogP contribution in [0.15, 0.2) is 15.5 Å². The molecule has 0 aromatic heterocycles. The van der Waals surface area contributed by atoms with Crippen LogP contribution in [0.25, 0.3) is 0 Å². The molecular weight excluding hydrogens is 488 g/mol. The van der Waals surface area contributed by atoms with Crippen LogP contribution in [0.4, 0.5) is 0 Å². The van der Waals surface area contributed by atoms with Crippen LogP contribution < -0.4 is 0 Å². The van der Waals surface area contributed by atoms with Gasteiger partial charge in [-0.15, -0.1) is 14.7 Å². The smallest absolute Gasteiger partial charge is 0.411 e. The van der Waals surface area contributed by atoms with Crippen molar-refractivity contribution in [3.8, 4) is 0 Å². The molecule has 0 saturated carbocycles. The van der Waals surface area contributed by atoms with Crippen LogP contribution in [0.2, 0.25) is 0 Å². The largest absolute Gasteiger partial charge is 3.00 e. The van der Waals surface area contributed by atoms with E-state index in [1.165, 1.54) is 14.7 Å². The van der Waals surface area contributed by atoms with Crippen molar-refractivity contribution in [2.24, 2.45) is 15.5 Å². The summed E-state index contributed by atoms with van der Waals surface area (Å²) in [5.41, 5.74) is 0. The summed E-state index contributed by atoms with van der Waals surface area (Å²) in [7, 11) is 4.87. The molecule has 0 aliphatic rings. The van der Waals surface area contributed by atoms with Crippen molar-refractivity contribution in [2.75, 3.05) is 41.1 Å². The van der Waals surface area contributed by atoms with Gasteiger partial charge in [0.15, 0.2) is 20.0 Å². The zero-order valence-corrected chi connectivity index (χ0v) is 19.3. The number of nitroso groups, excluding NO2 is 3. The molecule has 0 unspecified atom stereocenters. The second-order valence-corrected chi connectivity index (χ2v) is 6.80. The summed E-state index contributed by atoms with van der Waals surface area (Å²) in [6.45, 7) is 0.132. The first-order chi connectivity index (χ1) is 11.0. The molecule has 0 spiro atoms. The summed E-state index contributed by atoms with van der Waals surface area (Å²) >= 11 is 27.2. The Labute approximate surface area is 189 Å². The Kier molecular flexibility index (Phi) is 28.1. The van der Waals surface area contributed by atoms with E-state index in [4.69, 9.17) is 0 Å². The van der Waals surface area contributed by atoms with Gasteiger partial charge in [0.1, 0.15) is 0 Å². The minimum atomic E-state index is 0. The van der Waals surface area contributed by atoms with E-state index in [2.05, 4.69) is 90.1 Å². The molecule has 0 atom stereocenters. The maximum Gasteiger partial charge on any atom is 3.00 e. The second kappa shape index (κ2) is 21.7. The molecule has 0 bridgehead atoms. The summed E-state index contributed by atoms with van der Waals surface area (Å²) in [6, 6.07) is 0. The van der Waals surface area contributed by atoms with Crippen molar-refractivity contribution in [2.45, 2.75) is 0 Å². The first-order valence-electron chi connectivity index (χ1n) is 5.68. The average molecular weight is 504 g/mol. The molecule has 0 heterocycles. The van der Waals surface area contributed by atoms with Crippen LogP contribution in [-0.4, -0.2) is 68.8 Å². The van der Waals surface area contributed by atoms with Gasteiger partial charge in [-0.3, -0.25) is 0 Å². The molecule has 9 nitrogen and oxygen atoms in total. The maximum absolute atomic E-state index is 9.52. The van der Waals surface area contributed by atoms with Gasteiger partial charge in [-0.2, -0.15) is 0 Å². The Hall–Kier alpha value is -0.351. The zero-order chi connectivity index (χ0) is 19.7. The summed E-state index contributed by atoms with van der Waals surface area (Å²) in [5.74, 6) is 0. The van der Waals surface area contributed by atoms with Crippen molar-refractivity contribution in [1.82, 2.24) is 14.7 Å². The third kappa shape index (κ3) is 26.0. The maximum atomic E-state index is 9.52.